The summed E-state index contributed by atoms with van der Waals surface area (Å²) in [4.78, 5) is 0. The molecule has 0 bridgehead atoms. The van der Waals surface area contributed by atoms with Gasteiger partial charge < -0.3 is 0 Å². The summed E-state index contributed by atoms with van der Waals surface area (Å²) < 4.78 is 13.8. The van der Waals surface area contributed by atoms with Crippen LogP contribution < -0.4 is 0 Å². The lowest BCUT2D eigenvalue weighted by atomic mass is 9.77. The summed E-state index contributed by atoms with van der Waals surface area (Å²) in [5.41, 5.74) is 3.09. The van der Waals surface area contributed by atoms with Gasteiger partial charge in [0.1, 0.15) is 5.82 Å². The van der Waals surface area contributed by atoms with E-state index >= 15 is 0 Å². The predicted molar refractivity (Wildman–Crippen MR) is 86.8 cm³/mol. The molecular weight excluding hydrogens is 259 g/mol. The Labute approximate surface area is 127 Å². The molecule has 1 saturated carbocycles. The maximum absolute atomic E-state index is 13.8. The number of hydrogen-bond donors (Lipinski definition) is 0. The van der Waals surface area contributed by atoms with E-state index in [1.54, 1.807) is 6.07 Å². The van der Waals surface area contributed by atoms with Gasteiger partial charge in [0.05, 0.1) is 0 Å². The SMILES string of the molecule is CCC1CCC(c2ccc(-c3ccccc3F)cc2)CC1. The van der Waals surface area contributed by atoms with Gasteiger partial charge in [0.2, 0.25) is 0 Å². The van der Waals surface area contributed by atoms with Crippen LogP contribution >= 0.6 is 0 Å². The molecule has 0 N–H and O–H groups in total. The van der Waals surface area contributed by atoms with E-state index in [4.69, 9.17) is 0 Å². The van der Waals surface area contributed by atoms with Crippen molar-refractivity contribution in [2.45, 2.75) is 44.9 Å². The minimum atomic E-state index is -0.145. The third-order valence-corrected chi connectivity index (χ3v) is 4.99. The molecule has 0 atom stereocenters. The number of rotatable bonds is 3. The van der Waals surface area contributed by atoms with Crippen molar-refractivity contribution in [1.29, 1.82) is 0 Å². The Kier molecular flexibility index (Phi) is 4.38. The van der Waals surface area contributed by atoms with Crippen LogP contribution in [0.1, 0.15) is 50.5 Å². The average molecular weight is 282 g/mol. The molecule has 0 spiro atoms. The molecule has 1 aliphatic rings. The summed E-state index contributed by atoms with van der Waals surface area (Å²) in [7, 11) is 0. The van der Waals surface area contributed by atoms with Crippen molar-refractivity contribution in [3.8, 4) is 11.1 Å². The lowest BCUT2D eigenvalue weighted by Crippen LogP contribution is -2.12. The van der Waals surface area contributed by atoms with E-state index < -0.39 is 0 Å². The smallest absolute Gasteiger partial charge is 0.131 e. The van der Waals surface area contributed by atoms with Gasteiger partial charge in [0.25, 0.3) is 0 Å². The quantitative estimate of drug-likeness (QED) is 0.631. The van der Waals surface area contributed by atoms with Crippen LogP contribution in [-0.2, 0) is 0 Å². The summed E-state index contributed by atoms with van der Waals surface area (Å²) in [5.74, 6) is 1.48. The first-order valence-corrected chi connectivity index (χ1v) is 8.12. The lowest BCUT2D eigenvalue weighted by molar-refractivity contribution is 0.319. The van der Waals surface area contributed by atoms with Crippen LogP contribution in [0.5, 0.6) is 0 Å². The number of hydrogen-bond acceptors (Lipinski definition) is 0. The Bertz CT molecular complexity index is 577. The first-order valence-electron chi connectivity index (χ1n) is 8.12. The van der Waals surface area contributed by atoms with Gasteiger partial charge >= 0.3 is 0 Å². The molecule has 1 fully saturated rings. The normalized spacial score (nSPS) is 22.2. The van der Waals surface area contributed by atoms with Crippen LogP contribution in [0.15, 0.2) is 48.5 Å². The zero-order valence-electron chi connectivity index (χ0n) is 12.7. The Balaban J connectivity index is 1.74. The van der Waals surface area contributed by atoms with Crippen molar-refractivity contribution in [3.05, 3.63) is 59.9 Å². The molecular formula is C20H23F. The van der Waals surface area contributed by atoms with Crippen molar-refractivity contribution in [1.82, 2.24) is 0 Å². The summed E-state index contributed by atoms with van der Waals surface area (Å²) in [6, 6.07) is 15.5. The van der Waals surface area contributed by atoms with E-state index in [2.05, 4.69) is 31.2 Å². The third-order valence-electron chi connectivity index (χ3n) is 4.99. The molecule has 0 saturated heterocycles. The van der Waals surface area contributed by atoms with Crippen LogP contribution in [-0.4, -0.2) is 0 Å². The topological polar surface area (TPSA) is 0 Å². The molecule has 2 aromatic rings. The van der Waals surface area contributed by atoms with E-state index in [-0.39, 0.29) is 5.82 Å². The van der Waals surface area contributed by atoms with Crippen molar-refractivity contribution in [3.63, 3.8) is 0 Å². The maximum Gasteiger partial charge on any atom is 0.131 e. The zero-order valence-corrected chi connectivity index (χ0v) is 12.7. The molecule has 0 aromatic heterocycles. The van der Waals surface area contributed by atoms with Crippen LogP contribution in [0, 0.1) is 11.7 Å². The highest BCUT2D eigenvalue weighted by molar-refractivity contribution is 5.64. The Morgan fingerprint density at radius 3 is 2.19 bits per heavy atom. The average Bonchev–Trinajstić information content (AvgIpc) is 2.56. The van der Waals surface area contributed by atoms with Gasteiger partial charge in [-0.15, -0.1) is 0 Å². The van der Waals surface area contributed by atoms with Crippen molar-refractivity contribution >= 4 is 0 Å². The van der Waals surface area contributed by atoms with Gasteiger partial charge in [-0.05, 0) is 54.7 Å². The van der Waals surface area contributed by atoms with E-state index in [0.29, 0.717) is 11.5 Å². The summed E-state index contributed by atoms with van der Waals surface area (Å²) in [5, 5.41) is 0. The largest absolute Gasteiger partial charge is 0.206 e. The lowest BCUT2D eigenvalue weighted by Gasteiger charge is -2.28. The van der Waals surface area contributed by atoms with Gasteiger partial charge in [0.15, 0.2) is 0 Å². The fraction of sp³-hybridized carbons (Fsp3) is 0.400. The van der Waals surface area contributed by atoms with Crippen LogP contribution in [0.2, 0.25) is 0 Å². The first kappa shape index (κ1) is 14.3. The minimum Gasteiger partial charge on any atom is -0.206 e. The molecule has 21 heavy (non-hydrogen) atoms. The molecule has 0 aliphatic heterocycles. The fourth-order valence-electron chi connectivity index (χ4n) is 3.53. The zero-order chi connectivity index (χ0) is 14.7. The highest BCUT2D eigenvalue weighted by Crippen LogP contribution is 2.37. The molecule has 110 valence electrons. The Morgan fingerprint density at radius 2 is 1.57 bits per heavy atom. The number of benzene rings is 2. The van der Waals surface area contributed by atoms with Crippen LogP contribution in [0.3, 0.4) is 0 Å². The molecule has 0 heterocycles. The first-order chi connectivity index (χ1) is 10.3. The monoisotopic (exact) mass is 282 g/mol. The van der Waals surface area contributed by atoms with Gasteiger partial charge in [-0.2, -0.15) is 0 Å². The second-order valence-corrected chi connectivity index (χ2v) is 6.23. The molecule has 3 rings (SSSR count). The van der Waals surface area contributed by atoms with E-state index in [1.165, 1.54) is 43.7 Å². The van der Waals surface area contributed by atoms with Crippen molar-refractivity contribution < 1.29 is 4.39 Å². The molecule has 0 unspecified atom stereocenters. The van der Waals surface area contributed by atoms with E-state index in [0.717, 1.165) is 11.5 Å². The molecule has 1 heteroatoms. The highest BCUT2D eigenvalue weighted by Gasteiger charge is 2.21. The third kappa shape index (κ3) is 3.18. The maximum atomic E-state index is 13.8. The molecule has 0 radical (unpaired) electrons. The van der Waals surface area contributed by atoms with Crippen molar-refractivity contribution in [2.24, 2.45) is 5.92 Å². The van der Waals surface area contributed by atoms with Gasteiger partial charge in [-0.3, -0.25) is 0 Å². The second-order valence-electron chi connectivity index (χ2n) is 6.23. The van der Waals surface area contributed by atoms with Crippen LogP contribution in [0.25, 0.3) is 11.1 Å². The number of halogens is 1. The van der Waals surface area contributed by atoms with Gasteiger partial charge in [-0.1, -0.05) is 55.8 Å². The van der Waals surface area contributed by atoms with E-state index in [9.17, 15) is 4.39 Å². The highest BCUT2D eigenvalue weighted by atomic mass is 19.1. The predicted octanol–water partition coefficient (Wildman–Crippen LogP) is 6.18. The van der Waals surface area contributed by atoms with Gasteiger partial charge in [0, 0.05) is 5.56 Å². The van der Waals surface area contributed by atoms with Gasteiger partial charge in [-0.25, -0.2) is 4.39 Å². The van der Waals surface area contributed by atoms with Crippen molar-refractivity contribution in [2.75, 3.05) is 0 Å². The summed E-state index contributed by atoms with van der Waals surface area (Å²) >= 11 is 0. The minimum absolute atomic E-state index is 0.145. The molecule has 0 amide bonds. The second kappa shape index (κ2) is 6.43. The fourth-order valence-corrected chi connectivity index (χ4v) is 3.53. The summed E-state index contributed by atoms with van der Waals surface area (Å²) in [6.07, 6.45) is 6.64. The molecule has 1 aliphatic carbocycles. The van der Waals surface area contributed by atoms with Crippen LogP contribution in [0.4, 0.5) is 4.39 Å². The van der Waals surface area contributed by atoms with E-state index in [1.807, 2.05) is 12.1 Å². The Hall–Kier alpha value is -1.63. The molecule has 0 nitrogen and oxygen atoms in total. The Morgan fingerprint density at radius 1 is 0.905 bits per heavy atom. The standard InChI is InChI=1S/C20H23F/c1-2-15-7-9-16(10-8-15)17-11-13-18(14-12-17)19-5-3-4-6-20(19)21/h3-6,11-16H,2,7-10H2,1H3. The molecule has 2 aromatic carbocycles. The summed E-state index contributed by atoms with van der Waals surface area (Å²) in [6.45, 7) is 2.30.